The fraction of sp³-hybridized carbons (Fsp3) is 0.538. The molecule has 0 aliphatic rings. The molecule has 4 heteroatoms. The van der Waals surface area contributed by atoms with Crippen molar-refractivity contribution in [2.75, 3.05) is 7.05 Å². The zero-order valence-electron chi connectivity index (χ0n) is 10.9. The molecule has 0 heterocycles. The van der Waals surface area contributed by atoms with Gasteiger partial charge in [-0.15, -0.1) is 0 Å². The van der Waals surface area contributed by atoms with E-state index < -0.39 is 0 Å². The lowest BCUT2D eigenvalue weighted by Crippen LogP contribution is -2.32. The quantitative estimate of drug-likeness (QED) is 0.631. The van der Waals surface area contributed by atoms with Crippen molar-refractivity contribution in [3.63, 3.8) is 0 Å². The lowest BCUT2D eigenvalue weighted by molar-refractivity contribution is -0.385. The Hall–Kier alpha value is -1.42. The molecule has 0 amide bonds. The molecule has 0 saturated heterocycles. The third-order valence-corrected chi connectivity index (χ3v) is 3.09. The molecular formula is C13H20N2O2. The summed E-state index contributed by atoms with van der Waals surface area (Å²) in [7, 11) is 1.95. The summed E-state index contributed by atoms with van der Waals surface area (Å²) in [6, 6.07) is 5.75. The van der Waals surface area contributed by atoms with Crippen molar-refractivity contribution in [2.45, 2.75) is 33.2 Å². The first-order valence-corrected chi connectivity index (χ1v) is 5.87. The lowest BCUT2D eigenvalue weighted by Gasteiger charge is -2.20. The van der Waals surface area contributed by atoms with E-state index in [1.165, 1.54) is 0 Å². The maximum Gasteiger partial charge on any atom is 0.272 e. The van der Waals surface area contributed by atoms with Gasteiger partial charge in [0.05, 0.1) is 4.92 Å². The molecule has 0 aliphatic carbocycles. The SMILES string of the molecule is CNC(Cc1ccc([N+](=O)[O-])c(C)c1)C(C)C. The van der Waals surface area contributed by atoms with E-state index in [2.05, 4.69) is 19.2 Å². The number of benzene rings is 1. The van der Waals surface area contributed by atoms with E-state index in [0.29, 0.717) is 12.0 Å². The fourth-order valence-electron chi connectivity index (χ4n) is 1.97. The van der Waals surface area contributed by atoms with Gasteiger partial charge in [0, 0.05) is 17.7 Å². The standard InChI is InChI=1S/C13H20N2O2/c1-9(2)12(14-4)8-11-5-6-13(15(16)17)10(3)7-11/h5-7,9,12,14H,8H2,1-4H3. The van der Waals surface area contributed by atoms with Crippen molar-refractivity contribution < 1.29 is 4.92 Å². The highest BCUT2D eigenvalue weighted by Crippen LogP contribution is 2.20. The molecule has 0 spiro atoms. The number of hydrogen-bond acceptors (Lipinski definition) is 3. The number of aryl methyl sites for hydroxylation is 1. The maximum absolute atomic E-state index is 10.7. The van der Waals surface area contributed by atoms with Gasteiger partial charge in [-0.25, -0.2) is 0 Å². The summed E-state index contributed by atoms with van der Waals surface area (Å²) in [5.41, 5.74) is 2.06. The first-order valence-electron chi connectivity index (χ1n) is 5.87. The zero-order valence-corrected chi connectivity index (χ0v) is 10.9. The molecule has 1 unspecified atom stereocenters. The highest BCUT2D eigenvalue weighted by Gasteiger charge is 2.14. The van der Waals surface area contributed by atoms with Crippen LogP contribution in [0.25, 0.3) is 0 Å². The first-order chi connectivity index (χ1) is 7.95. The summed E-state index contributed by atoms with van der Waals surface area (Å²) < 4.78 is 0. The van der Waals surface area contributed by atoms with Crippen LogP contribution in [0.4, 0.5) is 5.69 Å². The Morgan fingerprint density at radius 1 is 1.41 bits per heavy atom. The number of nitrogens with zero attached hydrogens (tertiary/aromatic N) is 1. The Kier molecular flexibility index (Phi) is 4.63. The second-order valence-corrected chi connectivity index (χ2v) is 4.72. The number of nitro benzene ring substituents is 1. The molecule has 0 aromatic heterocycles. The monoisotopic (exact) mass is 236 g/mol. The van der Waals surface area contributed by atoms with Crippen LogP contribution in [-0.4, -0.2) is 18.0 Å². The van der Waals surface area contributed by atoms with Gasteiger partial charge in [-0.05, 0) is 37.9 Å². The van der Waals surface area contributed by atoms with Crippen LogP contribution in [-0.2, 0) is 6.42 Å². The number of rotatable bonds is 5. The summed E-state index contributed by atoms with van der Waals surface area (Å²) in [6.45, 7) is 6.12. The van der Waals surface area contributed by atoms with Gasteiger partial charge in [0.1, 0.15) is 0 Å². The molecule has 0 bridgehead atoms. The van der Waals surface area contributed by atoms with E-state index in [1.807, 2.05) is 19.2 Å². The Bertz CT molecular complexity index is 402. The van der Waals surface area contributed by atoms with Crippen LogP contribution < -0.4 is 5.32 Å². The second kappa shape index (κ2) is 5.77. The van der Waals surface area contributed by atoms with E-state index >= 15 is 0 Å². The van der Waals surface area contributed by atoms with Crippen LogP contribution in [0.15, 0.2) is 18.2 Å². The van der Waals surface area contributed by atoms with Gasteiger partial charge in [-0.3, -0.25) is 10.1 Å². The molecule has 94 valence electrons. The molecule has 1 aromatic carbocycles. The number of likely N-dealkylation sites (N-methyl/N-ethyl adjacent to an activating group) is 1. The minimum absolute atomic E-state index is 0.194. The van der Waals surface area contributed by atoms with Gasteiger partial charge < -0.3 is 5.32 Å². The summed E-state index contributed by atoms with van der Waals surface area (Å²) in [4.78, 5) is 10.4. The maximum atomic E-state index is 10.7. The molecule has 17 heavy (non-hydrogen) atoms. The Morgan fingerprint density at radius 3 is 2.47 bits per heavy atom. The number of hydrogen-bond donors (Lipinski definition) is 1. The third-order valence-electron chi connectivity index (χ3n) is 3.09. The Morgan fingerprint density at radius 2 is 2.06 bits per heavy atom. The van der Waals surface area contributed by atoms with Crippen molar-refractivity contribution in [1.82, 2.24) is 5.32 Å². The van der Waals surface area contributed by atoms with Gasteiger partial charge in [0.25, 0.3) is 5.69 Å². The van der Waals surface area contributed by atoms with E-state index in [0.717, 1.165) is 17.5 Å². The topological polar surface area (TPSA) is 55.2 Å². The van der Waals surface area contributed by atoms with Crippen LogP contribution in [0, 0.1) is 23.0 Å². The van der Waals surface area contributed by atoms with E-state index in [1.54, 1.807) is 13.0 Å². The fourth-order valence-corrected chi connectivity index (χ4v) is 1.97. The van der Waals surface area contributed by atoms with Gasteiger partial charge in [0.2, 0.25) is 0 Å². The van der Waals surface area contributed by atoms with Crippen molar-refractivity contribution in [3.05, 3.63) is 39.4 Å². The van der Waals surface area contributed by atoms with Gasteiger partial charge in [0.15, 0.2) is 0 Å². The number of nitro groups is 1. The van der Waals surface area contributed by atoms with Crippen LogP contribution >= 0.6 is 0 Å². The molecule has 1 atom stereocenters. The van der Waals surface area contributed by atoms with Crippen LogP contribution in [0.3, 0.4) is 0 Å². The minimum atomic E-state index is -0.336. The number of nitrogens with one attached hydrogen (secondary N) is 1. The predicted molar refractivity (Wildman–Crippen MR) is 69.2 cm³/mol. The Balaban J connectivity index is 2.87. The summed E-state index contributed by atoms with van der Waals surface area (Å²) in [6.07, 6.45) is 0.896. The zero-order chi connectivity index (χ0) is 13.0. The largest absolute Gasteiger partial charge is 0.316 e. The van der Waals surface area contributed by atoms with E-state index in [4.69, 9.17) is 0 Å². The van der Waals surface area contributed by atoms with Crippen LogP contribution in [0.2, 0.25) is 0 Å². The van der Waals surface area contributed by atoms with E-state index in [9.17, 15) is 10.1 Å². The molecule has 0 aliphatic heterocycles. The van der Waals surface area contributed by atoms with Crippen molar-refractivity contribution in [1.29, 1.82) is 0 Å². The molecule has 1 aromatic rings. The van der Waals surface area contributed by atoms with Crippen molar-refractivity contribution in [2.24, 2.45) is 5.92 Å². The Labute approximate surface area is 102 Å². The van der Waals surface area contributed by atoms with Crippen LogP contribution in [0.1, 0.15) is 25.0 Å². The smallest absolute Gasteiger partial charge is 0.272 e. The first kappa shape index (κ1) is 13.6. The normalized spacial score (nSPS) is 12.8. The lowest BCUT2D eigenvalue weighted by atomic mass is 9.95. The molecule has 0 saturated carbocycles. The van der Waals surface area contributed by atoms with Crippen molar-refractivity contribution in [3.8, 4) is 0 Å². The predicted octanol–water partition coefficient (Wildman–Crippen LogP) is 2.69. The highest BCUT2D eigenvalue weighted by atomic mass is 16.6. The second-order valence-electron chi connectivity index (χ2n) is 4.72. The average Bonchev–Trinajstić information content (AvgIpc) is 2.24. The summed E-state index contributed by atoms with van der Waals surface area (Å²) >= 11 is 0. The molecule has 1 N–H and O–H groups in total. The molecule has 1 rings (SSSR count). The molecule has 4 nitrogen and oxygen atoms in total. The van der Waals surface area contributed by atoms with Crippen LogP contribution in [0.5, 0.6) is 0 Å². The average molecular weight is 236 g/mol. The third kappa shape index (κ3) is 3.53. The summed E-state index contributed by atoms with van der Waals surface area (Å²) in [5, 5.41) is 14.0. The molecule has 0 fully saturated rings. The highest BCUT2D eigenvalue weighted by molar-refractivity contribution is 5.42. The molecule has 0 radical (unpaired) electrons. The van der Waals surface area contributed by atoms with Gasteiger partial charge >= 0.3 is 0 Å². The molecular weight excluding hydrogens is 216 g/mol. The summed E-state index contributed by atoms with van der Waals surface area (Å²) in [5.74, 6) is 0.537. The van der Waals surface area contributed by atoms with E-state index in [-0.39, 0.29) is 10.6 Å². The van der Waals surface area contributed by atoms with Gasteiger partial charge in [-0.2, -0.15) is 0 Å². The van der Waals surface area contributed by atoms with Crippen molar-refractivity contribution >= 4 is 5.69 Å². The minimum Gasteiger partial charge on any atom is -0.316 e. The van der Waals surface area contributed by atoms with Gasteiger partial charge in [-0.1, -0.05) is 19.9 Å².